The number of ether oxygens (including phenoxy) is 2. The van der Waals surface area contributed by atoms with Gasteiger partial charge in [0.15, 0.2) is 17.9 Å². The molecule has 0 aliphatic carbocycles. The van der Waals surface area contributed by atoms with Crippen LogP contribution in [0.15, 0.2) is 100 Å². The minimum atomic E-state index is -0.437. The number of methoxy groups -OCH3 is 1. The number of aromatic nitrogens is 2. The molecule has 2 aromatic heterocycles. The van der Waals surface area contributed by atoms with Crippen LogP contribution in [-0.2, 0) is 11.3 Å². The van der Waals surface area contributed by atoms with Crippen molar-refractivity contribution in [1.82, 2.24) is 9.97 Å². The molecule has 0 unspecified atom stereocenters. The van der Waals surface area contributed by atoms with Crippen LogP contribution in [0.3, 0.4) is 0 Å². The summed E-state index contributed by atoms with van der Waals surface area (Å²) in [5, 5.41) is 0. The molecule has 8 heteroatoms. The molecule has 0 radical (unpaired) electrons. The van der Waals surface area contributed by atoms with E-state index in [1.54, 1.807) is 42.6 Å². The zero-order valence-electron chi connectivity index (χ0n) is 19.8. The molecular weight excluding hydrogens is 458 g/mol. The largest absolute Gasteiger partial charge is 0.496 e. The van der Waals surface area contributed by atoms with Gasteiger partial charge >= 0.3 is 12.0 Å². The zero-order valence-corrected chi connectivity index (χ0v) is 19.8. The van der Waals surface area contributed by atoms with Crippen LogP contribution in [-0.4, -0.2) is 30.1 Å². The summed E-state index contributed by atoms with van der Waals surface area (Å²) in [5.41, 5.74) is 3.48. The van der Waals surface area contributed by atoms with Crippen LogP contribution in [0.1, 0.15) is 15.9 Å². The average Bonchev–Trinajstić information content (AvgIpc) is 3.65. The molecule has 36 heavy (non-hydrogen) atoms. The summed E-state index contributed by atoms with van der Waals surface area (Å²) < 4.78 is 22.5. The Labute approximate surface area is 207 Å². The third kappa shape index (κ3) is 4.69. The molecule has 180 valence electrons. The summed E-state index contributed by atoms with van der Waals surface area (Å²) in [5.74, 6) is 1.24. The Bertz CT molecular complexity index is 1460. The number of hydrogen-bond acceptors (Lipinski definition) is 8. The molecule has 0 aliphatic rings. The quantitative estimate of drug-likeness (QED) is 0.245. The van der Waals surface area contributed by atoms with E-state index in [1.807, 2.05) is 61.6 Å². The summed E-state index contributed by atoms with van der Waals surface area (Å²) >= 11 is 0. The second kappa shape index (κ2) is 10.2. The fourth-order valence-electron chi connectivity index (χ4n) is 3.77. The maximum absolute atomic E-state index is 12.9. The number of anilines is 2. The van der Waals surface area contributed by atoms with Gasteiger partial charge < -0.3 is 18.3 Å². The monoisotopic (exact) mass is 481 g/mol. The molecule has 3 aromatic carbocycles. The molecule has 0 saturated carbocycles. The fourth-order valence-corrected chi connectivity index (χ4v) is 3.77. The van der Waals surface area contributed by atoms with E-state index in [0.29, 0.717) is 34.4 Å². The number of carbonyl (C=O) groups excluding carboxylic acids is 1. The van der Waals surface area contributed by atoms with Crippen LogP contribution in [0.4, 0.5) is 11.7 Å². The molecule has 0 aliphatic heterocycles. The molecule has 5 rings (SSSR count). The third-order valence-electron chi connectivity index (χ3n) is 5.68. The first kappa shape index (κ1) is 22.9. The second-order valence-corrected chi connectivity index (χ2v) is 7.92. The van der Waals surface area contributed by atoms with E-state index in [2.05, 4.69) is 9.97 Å². The minimum absolute atomic E-state index is 0.185. The van der Waals surface area contributed by atoms with Gasteiger partial charge in [-0.15, -0.1) is 0 Å². The molecule has 0 atom stereocenters. The van der Waals surface area contributed by atoms with E-state index in [9.17, 15) is 4.79 Å². The number of rotatable bonds is 8. The number of nitrogens with zero attached hydrogens (tertiary/aromatic N) is 3. The Kier molecular flexibility index (Phi) is 6.48. The predicted molar refractivity (Wildman–Crippen MR) is 134 cm³/mol. The molecule has 0 fully saturated rings. The van der Waals surface area contributed by atoms with Crippen molar-refractivity contribution in [3.8, 4) is 28.4 Å². The van der Waals surface area contributed by atoms with Crippen molar-refractivity contribution in [3.05, 3.63) is 103 Å². The van der Waals surface area contributed by atoms with Crippen molar-refractivity contribution in [2.75, 3.05) is 19.1 Å². The highest BCUT2D eigenvalue weighted by Gasteiger charge is 2.20. The lowest BCUT2D eigenvalue weighted by molar-refractivity contribution is 0.0473. The van der Waals surface area contributed by atoms with Crippen molar-refractivity contribution in [1.29, 1.82) is 0 Å². The summed E-state index contributed by atoms with van der Waals surface area (Å²) in [7, 11) is 3.43. The number of hydrogen-bond donors (Lipinski definition) is 0. The fraction of sp³-hybridized carbons (Fsp3) is 0.107. The molecule has 2 heterocycles. The summed E-state index contributed by atoms with van der Waals surface area (Å²) in [6.07, 6.45) is 4.59. The van der Waals surface area contributed by atoms with Crippen LogP contribution in [0.2, 0.25) is 0 Å². The first-order chi connectivity index (χ1) is 17.6. The molecule has 0 spiro atoms. The van der Waals surface area contributed by atoms with Gasteiger partial charge in [0.1, 0.15) is 12.4 Å². The van der Waals surface area contributed by atoms with Gasteiger partial charge in [-0.2, -0.15) is 0 Å². The highest BCUT2D eigenvalue weighted by molar-refractivity contribution is 5.96. The lowest BCUT2D eigenvalue weighted by Gasteiger charge is -2.17. The van der Waals surface area contributed by atoms with E-state index in [-0.39, 0.29) is 6.61 Å². The van der Waals surface area contributed by atoms with Gasteiger partial charge in [0.2, 0.25) is 0 Å². The van der Waals surface area contributed by atoms with E-state index in [1.165, 1.54) is 6.39 Å². The Balaban J connectivity index is 1.37. The smallest absolute Gasteiger partial charge is 0.339 e. The van der Waals surface area contributed by atoms with E-state index < -0.39 is 5.97 Å². The van der Waals surface area contributed by atoms with Crippen molar-refractivity contribution in [3.63, 3.8) is 0 Å². The Morgan fingerprint density at radius 2 is 1.75 bits per heavy atom. The van der Waals surface area contributed by atoms with Gasteiger partial charge in [-0.25, -0.2) is 14.8 Å². The molecule has 0 bridgehead atoms. The highest BCUT2D eigenvalue weighted by Crippen LogP contribution is 2.36. The van der Waals surface area contributed by atoms with Crippen LogP contribution >= 0.6 is 0 Å². The van der Waals surface area contributed by atoms with Gasteiger partial charge in [0.25, 0.3) is 0 Å². The zero-order chi connectivity index (χ0) is 24.9. The van der Waals surface area contributed by atoms with Gasteiger partial charge in [-0.1, -0.05) is 48.5 Å². The standard InChI is InChI=1S/C28H23N3O5/c1-31(20-12-13-23(24(14-20)33-2)25-15-29-18-35-25)28-30-16-26(36-28)21-10-6-7-11-22(21)27(32)34-17-19-8-4-3-5-9-19/h3-16,18H,17H2,1-2H3. The number of oxazole rings is 2. The van der Waals surface area contributed by atoms with E-state index >= 15 is 0 Å². The predicted octanol–water partition coefficient (Wildman–Crippen LogP) is 6.13. The Morgan fingerprint density at radius 1 is 0.944 bits per heavy atom. The van der Waals surface area contributed by atoms with Crippen molar-refractivity contribution in [2.45, 2.75) is 6.61 Å². The van der Waals surface area contributed by atoms with Crippen LogP contribution in [0.5, 0.6) is 5.75 Å². The molecule has 0 saturated heterocycles. The minimum Gasteiger partial charge on any atom is -0.496 e. The Hall–Kier alpha value is -4.85. The lowest BCUT2D eigenvalue weighted by Crippen LogP contribution is -2.10. The topological polar surface area (TPSA) is 90.8 Å². The van der Waals surface area contributed by atoms with Gasteiger partial charge in [0.05, 0.1) is 30.6 Å². The maximum Gasteiger partial charge on any atom is 0.339 e. The maximum atomic E-state index is 12.9. The molecule has 0 N–H and O–H groups in total. The lowest BCUT2D eigenvalue weighted by atomic mass is 10.1. The first-order valence-corrected chi connectivity index (χ1v) is 11.2. The molecule has 8 nitrogen and oxygen atoms in total. The van der Waals surface area contributed by atoms with E-state index in [0.717, 1.165) is 16.8 Å². The second-order valence-electron chi connectivity index (χ2n) is 7.92. The molecular formula is C28H23N3O5. The van der Waals surface area contributed by atoms with Crippen molar-refractivity contribution < 1.29 is 23.1 Å². The van der Waals surface area contributed by atoms with Gasteiger partial charge in [0, 0.05) is 24.4 Å². The van der Waals surface area contributed by atoms with Crippen LogP contribution in [0.25, 0.3) is 22.6 Å². The third-order valence-corrected chi connectivity index (χ3v) is 5.68. The normalized spacial score (nSPS) is 10.7. The summed E-state index contributed by atoms with van der Waals surface area (Å²) in [6.45, 7) is 0.185. The van der Waals surface area contributed by atoms with Crippen LogP contribution in [0, 0.1) is 0 Å². The van der Waals surface area contributed by atoms with Crippen LogP contribution < -0.4 is 9.64 Å². The van der Waals surface area contributed by atoms with Crippen molar-refractivity contribution >= 4 is 17.7 Å². The van der Waals surface area contributed by atoms with E-state index in [4.69, 9.17) is 18.3 Å². The average molecular weight is 482 g/mol. The van der Waals surface area contributed by atoms with Gasteiger partial charge in [-0.3, -0.25) is 4.90 Å². The number of carbonyl (C=O) groups is 1. The highest BCUT2D eigenvalue weighted by atomic mass is 16.5. The number of esters is 1. The Morgan fingerprint density at radius 3 is 2.53 bits per heavy atom. The van der Waals surface area contributed by atoms with Crippen molar-refractivity contribution in [2.24, 2.45) is 0 Å². The first-order valence-electron chi connectivity index (χ1n) is 11.2. The SMILES string of the molecule is COc1cc(N(C)c2ncc(-c3ccccc3C(=O)OCc3ccccc3)o2)ccc1-c1cnco1. The summed E-state index contributed by atoms with van der Waals surface area (Å²) in [4.78, 5) is 23.0. The molecule has 5 aromatic rings. The summed E-state index contributed by atoms with van der Waals surface area (Å²) in [6, 6.07) is 22.7. The molecule has 0 amide bonds. The van der Waals surface area contributed by atoms with Gasteiger partial charge in [-0.05, 0) is 23.8 Å². The number of benzene rings is 3.